The second kappa shape index (κ2) is 6.20. The van der Waals surface area contributed by atoms with Crippen LogP contribution in [0.2, 0.25) is 0 Å². The van der Waals surface area contributed by atoms with Crippen LogP contribution in [0.1, 0.15) is 5.56 Å². The molecule has 5 rings (SSSR count). The Balaban J connectivity index is 1.67. The van der Waals surface area contributed by atoms with Crippen molar-refractivity contribution < 1.29 is 0 Å². The summed E-state index contributed by atoms with van der Waals surface area (Å²) in [6, 6.07) is 12.3. The second-order valence-corrected chi connectivity index (χ2v) is 6.78. The first kappa shape index (κ1) is 15.0. The van der Waals surface area contributed by atoms with Gasteiger partial charge in [-0.15, -0.1) is 11.3 Å². The first-order valence-electron chi connectivity index (χ1n) is 8.18. The Hall–Kier alpha value is -3.32. The number of thiophene rings is 1. The van der Waals surface area contributed by atoms with Crippen molar-refractivity contribution in [1.29, 1.82) is 0 Å². The van der Waals surface area contributed by atoms with Crippen molar-refractivity contribution in [2.45, 2.75) is 6.54 Å². The van der Waals surface area contributed by atoms with Gasteiger partial charge in [0.2, 0.25) is 0 Å². The fourth-order valence-electron chi connectivity index (χ4n) is 3.07. The molecule has 2 N–H and O–H groups in total. The molecule has 0 saturated carbocycles. The molecule has 6 nitrogen and oxygen atoms in total. The van der Waals surface area contributed by atoms with Gasteiger partial charge in [-0.3, -0.25) is 10.1 Å². The maximum atomic E-state index is 4.94. The predicted octanol–water partition coefficient (Wildman–Crippen LogP) is 4.24. The van der Waals surface area contributed by atoms with Crippen LogP contribution >= 0.6 is 11.3 Å². The smallest absolute Gasteiger partial charge is 0.157 e. The minimum absolute atomic E-state index is 0.691. The van der Waals surface area contributed by atoms with E-state index >= 15 is 0 Å². The summed E-state index contributed by atoms with van der Waals surface area (Å²) in [5.41, 5.74) is 3.02. The molecular formula is C19H14N6S. The molecule has 0 bridgehead atoms. The molecule has 0 aliphatic carbocycles. The lowest BCUT2D eigenvalue weighted by Crippen LogP contribution is -2.02. The highest BCUT2D eigenvalue weighted by Gasteiger charge is 2.14. The van der Waals surface area contributed by atoms with E-state index in [9.17, 15) is 0 Å². The maximum Gasteiger partial charge on any atom is 0.157 e. The summed E-state index contributed by atoms with van der Waals surface area (Å²) in [6.45, 7) is 0.691. The monoisotopic (exact) mass is 358 g/mol. The van der Waals surface area contributed by atoms with E-state index in [4.69, 9.17) is 4.98 Å². The number of fused-ring (bicyclic) bond motifs is 3. The number of aromatic amines is 1. The number of nitrogens with zero attached hydrogens (tertiary/aromatic N) is 4. The van der Waals surface area contributed by atoms with E-state index in [1.807, 2.05) is 24.3 Å². The molecule has 0 atom stereocenters. The first-order valence-corrected chi connectivity index (χ1v) is 9.06. The first-order chi connectivity index (χ1) is 12.9. The third-order valence-electron chi connectivity index (χ3n) is 4.30. The fourth-order valence-corrected chi connectivity index (χ4v) is 3.99. The highest BCUT2D eigenvalue weighted by Crippen LogP contribution is 2.36. The summed E-state index contributed by atoms with van der Waals surface area (Å²) in [5.74, 6) is 1.59. The van der Waals surface area contributed by atoms with E-state index in [-0.39, 0.29) is 0 Å². The topological polar surface area (TPSA) is 79.4 Å². The van der Waals surface area contributed by atoms with Gasteiger partial charge in [0.1, 0.15) is 12.1 Å². The van der Waals surface area contributed by atoms with Gasteiger partial charge >= 0.3 is 0 Å². The Morgan fingerprint density at radius 1 is 1.04 bits per heavy atom. The summed E-state index contributed by atoms with van der Waals surface area (Å²) >= 11 is 1.72. The van der Waals surface area contributed by atoms with E-state index in [1.165, 1.54) is 11.0 Å². The second-order valence-electron chi connectivity index (χ2n) is 5.87. The number of rotatable bonds is 4. The van der Waals surface area contributed by atoms with E-state index < -0.39 is 0 Å². The Morgan fingerprint density at radius 3 is 2.81 bits per heavy atom. The molecule has 26 heavy (non-hydrogen) atoms. The number of aromatic nitrogens is 5. The van der Waals surface area contributed by atoms with Crippen LogP contribution in [0.15, 0.2) is 60.5 Å². The van der Waals surface area contributed by atoms with Crippen LogP contribution in [0, 0.1) is 0 Å². The molecule has 0 aliphatic rings. The maximum absolute atomic E-state index is 4.94. The van der Waals surface area contributed by atoms with Gasteiger partial charge in [-0.2, -0.15) is 5.10 Å². The molecule has 0 aliphatic heterocycles. The Bertz CT molecular complexity index is 1180. The van der Waals surface area contributed by atoms with Crippen LogP contribution in [-0.2, 0) is 6.54 Å². The van der Waals surface area contributed by atoms with E-state index in [0.29, 0.717) is 6.54 Å². The summed E-state index contributed by atoms with van der Waals surface area (Å²) in [4.78, 5) is 13.3. The molecule has 0 radical (unpaired) electrons. The summed E-state index contributed by atoms with van der Waals surface area (Å²) in [5, 5.41) is 14.7. The molecule has 0 amide bonds. The van der Waals surface area contributed by atoms with Crippen LogP contribution in [0.4, 0.5) is 5.82 Å². The summed E-state index contributed by atoms with van der Waals surface area (Å²) in [6.07, 6.45) is 5.11. The lowest BCUT2D eigenvalue weighted by Gasteiger charge is -2.11. The number of benzene rings is 1. The molecule has 4 heterocycles. The van der Waals surface area contributed by atoms with Gasteiger partial charge in [-0.05, 0) is 35.2 Å². The highest BCUT2D eigenvalue weighted by molar-refractivity contribution is 7.18. The number of nitrogens with one attached hydrogen (secondary N) is 2. The lowest BCUT2D eigenvalue weighted by atomic mass is 10.1. The van der Waals surface area contributed by atoms with Gasteiger partial charge in [-0.25, -0.2) is 9.97 Å². The van der Waals surface area contributed by atoms with Crippen molar-refractivity contribution in [2.24, 2.45) is 0 Å². The number of para-hydroxylation sites is 1. The number of H-pyrrole nitrogens is 1. The Kier molecular flexibility index (Phi) is 3.57. The minimum atomic E-state index is 0.691. The van der Waals surface area contributed by atoms with Gasteiger partial charge in [0.25, 0.3) is 0 Å². The molecule has 4 aromatic heterocycles. The van der Waals surface area contributed by atoms with Crippen LogP contribution < -0.4 is 5.32 Å². The standard InChI is InChI=1S/C19H14N6S/c1-2-13-16(14(3-1)19-22-11-23-25-19)24-18(15-6-9-26-17(13)15)21-10-12-4-7-20-8-5-12/h1-9,11H,10H2,(H,21,24)(H,22,23,25). The zero-order valence-corrected chi connectivity index (χ0v) is 14.5. The highest BCUT2D eigenvalue weighted by atomic mass is 32.1. The molecule has 0 saturated heterocycles. The third kappa shape index (κ3) is 2.49. The molecule has 5 aromatic rings. The van der Waals surface area contributed by atoms with Crippen LogP contribution in [0.25, 0.3) is 32.4 Å². The molecule has 7 heteroatoms. The Morgan fingerprint density at radius 2 is 1.96 bits per heavy atom. The van der Waals surface area contributed by atoms with E-state index in [0.717, 1.165) is 39.1 Å². The summed E-state index contributed by atoms with van der Waals surface area (Å²) in [7, 11) is 0. The van der Waals surface area contributed by atoms with Gasteiger partial charge in [0.15, 0.2) is 5.82 Å². The molecule has 1 aromatic carbocycles. The van der Waals surface area contributed by atoms with E-state index in [2.05, 4.69) is 43.0 Å². The van der Waals surface area contributed by atoms with Crippen molar-refractivity contribution >= 4 is 38.1 Å². The van der Waals surface area contributed by atoms with Crippen molar-refractivity contribution in [3.05, 3.63) is 66.1 Å². The quantitative estimate of drug-likeness (QED) is 0.502. The molecule has 0 spiro atoms. The normalized spacial score (nSPS) is 11.2. The van der Waals surface area contributed by atoms with Crippen molar-refractivity contribution in [3.8, 4) is 11.4 Å². The van der Waals surface area contributed by atoms with Crippen LogP contribution in [-0.4, -0.2) is 25.1 Å². The van der Waals surface area contributed by atoms with Crippen molar-refractivity contribution in [2.75, 3.05) is 5.32 Å². The SMILES string of the molecule is c1cc(-c2ncn[nH]2)c2nc(NCc3ccncc3)c3ccsc3c2c1. The third-order valence-corrected chi connectivity index (χ3v) is 5.25. The largest absolute Gasteiger partial charge is 0.365 e. The number of pyridine rings is 2. The molecular weight excluding hydrogens is 344 g/mol. The fraction of sp³-hybridized carbons (Fsp3) is 0.0526. The van der Waals surface area contributed by atoms with Gasteiger partial charge < -0.3 is 5.32 Å². The lowest BCUT2D eigenvalue weighted by molar-refractivity contribution is 1.09. The van der Waals surface area contributed by atoms with Gasteiger partial charge in [0.05, 0.1) is 5.52 Å². The molecule has 0 fully saturated rings. The van der Waals surface area contributed by atoms with Crippen LogP contribution in [0.3, 0.4) is 0 Å². The zero-order valence-electron chi connectivity index (χ0n) is 13.7. The van der Waals surface area contributed by atoms with E-state index in [1.54, 1.807) is 23.7 Å². The average molecular weight is 358 g/mol. The van der Waals surface area contributed by atoms with Crippen LogP contribution in [0.5, 0.6) is 0 Å². The number of hydrogen-bond donors (Lipinski definition) is 2. The Labute approximate surface area is 153 Å². The van der Waals surface area contributed by atoms with Gasteiger partial charge in [0, 0.05) is 40.0 Å². The number of anilines is 1. The number of hydrogen-bond acceptors (Lipinski definition) is 6. The minimum Gasteiger partial charge on any atom is -0.365 e. The predicted molar refractivity (Wildman–Crippen MR) is 104 cm³/mol. The molecule has 0 unspecified atom stereocenters. The van der Waals surface area contributed by atoms with Gasteiger partial charge in [-0.1, -0.05) is 12.1 Å². The van der Waals surface area contributed by atoms with Crippen molar-refractivity contribution in [3.63, 3.8) is 0 Å². The summed E-state index contributed by atoms with van der Waals surface area (Å²) < 4.78 is 1.22. The van der Waals surface area contributed by atoms with Crippen molar-refractivity contribution in [1.82, 2.24) is 25.1 Å². The zero-order chi connectivity index (χ0) is 17.3. The average Bonchev–Trinajstić information content (AvgIpc) is 3.38. The molecule has 126 valence electrons.